The van der Waals surface area contributed by atoms with Crippen LogP contribution in [0.5, 0.6) is 0 Å². The third kappa shape index (κ3) is 3.57. The minimum Gasteiger partial charge on any atom is -0.481 e. The lowest BCUT2D eigenvalue weighted by atomic mass is 9.46. The van der Waals surface area contributed by atoms with E-state index in [1.807, 2.05) is 19.9 Å². The molecule has 0 aromatic heterocycles. The topological polar surface area (TPSA) is 138 Å². The molecule has 8 atom stereocenters. The maximum atomic E-state index is 13.3. The van der Waals surface area contributed by atoms with Crippen LogP contribution < -0.4 is 0 Å². The molecular weight excluding hydrogens is 440 g/mol. The van der Waals surface area contributed by atoms with Crippen LogP contribution in [0.1, 0.15) is 59.3 Å². The van der Waals surface area contributed by atoms with Gasteiger partial charge in [-0.3, -0.25) is 19.2 Å². The number of Topliss-reactive ketones (excluding diaryl/α,β-unsaturated/α-hetero) is 1. The molecule has 8 nitrogen and oxygen atoms in total. The zero-order valence-corrected chi connectivity index (χ0v) is 20.0. The number of ketones is 2. The van der Waals surface area contributed by atoms with E-state index in [4.69, 9.17) is 9.84 Å². The molecule has 0 bridgehead atoms. The molecule has 0 saturated heterocycles. The summed E-state index contributed by atoms with van der Waals surface area (Å²) in [6.45, 7) is 5.13. The summed E-state index contributed by atoms with van der Waals surface area (Å²) in [6, 6.07) is 0. The molecule has 3 fully saturated rings. The summed E-state index contributed by atoms with van der Waals surface area (Å²) in [5.41, 5.74) is -2.07. The highest BCUT2D eigenvalue weighted by atomic mass is 16.5. The fourth-order valence-electron chi connectivity index (χ4n) is 7.79. The molecule has 4 aliphatic carbocycles. The van der Waals surface area contributed by atoms with Crippen LogP contribution in [-0.2, 0) is 23.9 Å². The summed E-state index contributed by atoms with van der Waals surface area (Å²) >= 11 is 0. The Labute approximate surface area is 199 Å². The molecule has 0 aliphatic heterocycles. The van der Waals surface area contributed by atoms with E-state index in [1.54, 1.807) is 12.2 Å². The van der Waals surface area contributed by atoms with Gasteiger partial charge in [0.05, 0.1) is 18.9 Å². The Morgan fingerprint density at radius 3 is 2.59 bits per heavy atom. The number of rotatable bonds is 6. The summed E-state index contributed by atoms with van der Waals surface area (Å²) < 4.78 is 5.01. The van der Waals surface area contributed by atoms with Crippen LogP contribution in [0.3, 0.4) is 0 Å². The van der Waals surface area contributed by atoms with E-state index in [0.29, 0.717) is 6.42 Å². The SMILES string of the molecule is C[C@@H]1CC2C3CCC4=CC(=O)C=CC4(C)C3C(O)CC2(C)C1(O)C(=O)COC(=O)CCC(=O)O. The van der Waals surface area contributed by atoms with Crippen LogP contribution in [0.15, 0.2) is 23.8 Å². The Morgan fingerprint density at radius 2 is 1.91 bits per heavy atom. The molecule has 3 N–H and O–H groups in total. The quantitative estimate of drug-likeness (QED) is 0.498. The Hall–Kier alpha value is -2.32. The normalized spacial score (nSPS) is 42.8. The van der Waals surface area contributed by atoms with Crippen molar-refractivity contribution in [2.24, 2.45) is 34.5 Å². The van der Waals surface area contributed by atoms with Gasteiger partial charge in [-0.2, -0.15) is 0 Å². The smallest absolute Gasteiger partial charge is 0.306 e. The summed E-state index contributed by atoms with van der Waals surface area (Å²) in [5, 5.41) is 32.0. The van der Waals surface area contributed by atoms with Gasteiger partial charge in [-0.1, -0.05) is 32.4 Å². The molecule has 0 aromatic carbocycles. The van der Waals surface area contributed by atoms with Crippen molar-refractivity contribution in [3.05, 3.63) is 23.8 Å². The van der Waals surface area contributed by atoms with Crippen LogP contribution in [-0.4, -0.2) is 57.1 Å². The lowest BCUT2D eigenvalue weighted by molar-refractivity contribution is -0.186. The number of hydrogen-bond donors (Lipinski definition) is 3. The highest BCUT2D eigenvalue weighted by Gasteiger charge is 2.70. The molecule has 7 unspecified atom stereocenters. The summed E-state index contributed by atoms with van der Waals surface area (Å²) in [6.07, 6.45) is 6.00. The van der Waals surface area contributed by atoms with E-state index in [0.717, 1.165) is 18.4 Å². The van der Waals surface area contributed by atoms with Gasteiger partial charge in [-0.15, -0.1) is 0 Å². The molecule has 0 amide bonds. The third-order valence-corrected chi connectivity index (χ3v) is 9.41. The Kier molecular flexibility index (Phi) is 6.13. The fraction of sp³-hybridized carbons (Fsp3) is 0.692. The molecule has 0 spiro atoms. The maximum absolute atomic E-state index is 13.3. The molecule has 0 aromatic rings. The molecule has 4 aliphatic rings. The molecule has 8 heteroatoms. The van der Waals surface area contributed by atoms with E-state index in [-0.39, 0.29) is 36.4 Å². The minimum atomic E-state index is -1.77. The Bertz CT molecular complexity index is 981. The van der Waals surface area contributed by atoms with E-state index < -0.39 is 59.2 Å². The van der Waals surface area contributed by atoms with Crippen LogP contribution in [0, 0.1) is 34.5 Å². The molecule has 0 heterocycles. The van der Waals surface area contributed by atoms with E-state index >= 15 is 0 Å². The van der Waals surface area contributed by atoms with Gasteiger partial charge in [-0.25, -0.2) is 0 Å². The summed E-state index contributed by atoms with van der Waals surface area (Å²) in [7, 11) is 0. The van der Waals surface area contributed by atoms with E-state index in [1.165, 1.54) is 0 Å². The van der Waals surface area contributed by atoms with Gasteiger partial charge < -0.3 is 20.1 Å². The lowest BCUT2D eigenvalue weighted by Gasteiger charge is -2.59. The third-order valence-electron chi connectivity index (χ3n) is 9.41. The fourth-order valence-corrected chi connectivity index (χ4v) is 7.79. The molecular formula is C26H34O8. The predicted molar refractivity (Wildman–Crippen MR) is 120 cm³/mol. The van der Waals surface area contributed by atoms with Gasteiger partial charge in [0.1, 0.15) is 5.60 Å². The zero-order chi connectivity index (χ0) is 25.1. The van der Waals surface area contributed by atoms with Crippen molar-refractivity contribution in [1.82, 2.24) is 0 Å². The summed E-state index contributed by atoms with van der Waals surface area (Å²) in [4.78, 5) is 47.8. The number of carboxylic acids is 1. The Balaban J connectivity index is 1.58. The van der Waals surface area contributed by atoms with Gasteiger partial charge in [-0.05, 0) is 55.6 Å². The number of aliphatic carboxylic acids is 1. The van der Waals surface area contributed by atoms with Gasteiger partial charge in [0.25, 0.3) is 0 Å². The second-order valence-electron chi connectivity index (χ2n) is 11.1. The monoisotopic (exact) mass is 474 g/mol. The number of fused-ring (bicyclic) bond motifs is 5. The second-order valence-corrected chi connectivity index (χ2v) is 11.1. The van der Waals surface area contributed by atoms with E-state index in [9.17, 15) is 29.4 Å². The highest BCUT2D eigenvalue weighted by Crippen LogP contribution is 2.68. The first-order valence-electron chi connectivity index (χ1n) is 12.1. The number of allylic oxidation sites excluding steroid dienone is 4. The number of ether oxygens (including phenoxy) is 1. The molecule has 34 heavy (non-hydrogen) atoms. The molecule has 0 radical (unpaired) electrons. The van der Waals surface area contributed by atoms with Crippen molar-refractivity contribution in [2.75, 3.05) is 6.61 Å². The summed E-state index contributed by atoms with van der Waals surface area (Å²) in [5.74, 6) is -3.04. The standard InChI is InChI=1S/C26H34O8/c1-14-10-18-17-5-4-15-11-16(27)8-9-24(15,2)23(17)19(28)12-25(18,3)26(14,33)20(29)13-34-22(32)7-6-21(30)31/h8-9,11,14,17-19,23,28,33H,4-7,10,12-13H2,1-3H3,(H,30,31)/t14-,17?,18?,19?,23?,24?,25?,26?/m1/s1. The number of hydrogen-bond acceptors (Lipinski definition) is 7. The van der Waals surface area contributed by atoms with Gasteiger partial charge >= 0.3 is 11.9 Å². The number of carbonyl (C=O) groups excluding carboxylic acids is 3. The van der Waals surface area contributed by atoms with Crippen molar-refractivity contribution >= 4 is 23.5 Å². The van der Waals surface area contributed by atoms with Crippen molar-refractivity contribution in [3.63, 3.8) is 0 Å². The molecule has 3 saturated carbocycles. The minimum absolute atomic E-state index is 0.0167. The van der Waals surface area contributed by atoms with Crippen LogP contribution in [0.4, 0.5) is 0 Å². The van der Waals surface area contributed by atoms with Crippen molar-refractivity contribution in [1.29, 1.82) is 0 Å². The van der Waals surface area contributed by atoms with Crippen LogP contribution >= 0.6 is 0 Å². The van der Waals surface area contributed by atoms with Crippen molar-refractivity contribution in [3.8, 4) is 0 Å². The number of aliphatic hydroxyl groups excluding tert-OH is 1. The molecule has 4 rings (SSSR count). The van der Waals surface area contributed by atoms with Gasteiger partial charge in [0, 0.05) is 16.7 Å². The number of carbonyl (C=O) groups is 4. The van der Waals surface area contributed by atoms with E-state index in [2.05, 4.69) is 6.92 Å². The average molecular weight is 475 g/mol. The van der Waals surface area contributed by atoms with Crippen LogP contribution in [0.25, 0.3) is 0 Å². The lowest BCUT2D eigenvalue weighted by Crippen LogP contribution is -2.62. The second kappa shape index (κ2) is 8.41. The number of esters is 1. The Morgan fingerprint density at radius 1 is 1.21 bits per heavy atom. The number of carboxylic acid groups (broad SMARTS) is 1. The predicted octanol–water partition coefficient (Wildman–Crippen LogP) is 2.22. The maximum Gasteiger partial charge on any atom is 0.306 e. The highest BCUT2D eigenvalue weighted by molar-refractivity contribution is 6.01. The first kappa shape index (κ1) is 24.8. The van der Waals surface area contributed by atoms with Crippen molar-refractivity contribution < 1.29 is 39.2 Å². The van der Waals surface area contributed by atoms with Gasteiger partial charge in [0.15, 0.2) is 12.4 Å². The number of aliphatic hydroxyl groups is 2. The van der Waals surface area contributed by atoms with Crippen LogP contribution in [0.2, 0.25) is 0 Å². The first-order valence-corrected chi connectivity index (χ1v) is 12.1. The van der Waals surface area contributed by atoms with Crippen molar-refractivity contribution in [2.45, 2.75) is 71.0 Å². The first-order chi connectivity index (χ1) is 15.8. The zero-order valence-electron chi connectivity index (χ0n) is 20.0. The van der Waals surface area contributed by atoms with Gasteiger partial charge in [0.2, 0.25) is 5.78 Å². The largest absolute Gasteiger partial charge is 0.481 e. The average Bonchev–Trinajstić information content (AvgIpc) is 2.97. The molecule has 186 valence electrons.